The summed E-state index contributed by atoms with van der Waals surface area (Å²) in [6.07, 6.45) is 0.277. The van der Waals surface area contributed by atoms with Crippen LogP contribution in [-0.4, -0.2) is 40.1 Å². The molecule has 25 heavy (non-hydrogen) atoms. The van der Waals surface area contributed by atoms with Gasteiger partial charge in [-0.1, -0.05) is 6.07 Å². The molecule has 0 aromatic heterocycles. The minimum atomic E-state index is -0.929. The van der Waals surface area contributed by atoms with Crippen LogP contribution < -0.4 is 10.6 Å². The van der Waals surface area contributed by atoms with E-state index in [4.69, 9.17) is 0 Å². The number of rotatable bonds is 3. The van der Waals surface area contributed by atoms with Crippen molar-refractivity contribution in [1.29, 1.82) is 0 Å². The van der Waals surface area contributed by atoms with Crippen LogP contribution in [0.5, 0.6) is 0 Å². The molecular weight excluding hydrogens is 322 g/mol. The van der Waals surface area contributed by atoms with Gasteiger partial charge in [0.2, 0.25) is 11.8 Å². The molecule has 0 spiro atoms. The van der Waals surface area contributed by atoms with Gasteiger partial charge in [-0.05, 0) is 44.9 Å². The standard InChI is InChI=1S/C18H21N3O4/c1-18(2,3)19-9-10-4-5-11-12(8-10)17(25)21(16(11)24)13-6-7-14(22)20-15(13)23/h4-5,8,13,19H,6-7,9H2,1-3H3,(H,20,22,23). The molecule has 132 valence electrons. The van der Waals surface area contributed by atoms with E-state index < -0.39 is 23.8 Å². The molecule has 0 aliphatic carbocycles. The van der Waals surface area contributed by atoms with Crippen LogP contribution in [0.3, 0.4) is 0 Å². The summed E-state index contributed by atoms with van der Waals surface area (Å²) in [5.41, 5.74) is 1.43. The first kappa shape index (κ1) is 17.3. The third-order valence-electron chi connectivity index (χ3n) is 4.33. The van der Waals surface area contributed by atoms with Crippen molar-refractivity contribution in [1.82, 2.24) is 15.5 Å². The normalized spacial score (nSPS) is 20.8. The second-order valence-electron chi connectivity index (χ2n) is 7.43. The lowest BCUT2D eigenvalue weighted by atomic mass is 10.0. The molecule has 0 radical (unpaired) electrons. The number of carbonyl (C=O) groups is 4. The maximum absolute atomic E-state index is 12.7. The summed E-state index contributed by atoms with van der Waals surface area (Å²) in [6.45, 7) is 6.69. The highest BCUT2D eigenvalue weighted by molar-refractivity contribution is 6.23. The van der Waals surface area contributed by atoms with Crippen molar-refractivity contribution in [2.24, 2.45) is 0 Å². The molecule has 1 atom stereocenters. The summed E-state index contributed by atoms with van der Waals surface area (Å²) >= 11 is 0. The summed E-state index contributed by atoms with van der Waals surface area (Å²) in [6, 6.07) is 4.19. The largest absolute Gasteiger partial charge is 0.308 e. The number of fused-ring (bicyclic) bond motifs is 1. The fourth-order valence-electron chi connectivity index (χ4n) is 3.00. The minimum absolute atomic E-state index is 0.0718. The number of hydrogen-bond donors (Lipinski definition) is 2. The van der Waals surface area contributed by atoms with Crippen LogP contribution in [0.25, 0.3) is 0 Å². The van der Waals surface area contributed by atoms with E-state index in [9.17, 15) is 19.2 Å². The molecule has 4 amide bonds. The molecule has 2 heterocycles. The summed E-state index contributed by atoms with van der Waals surface area (Å²) in [5, 5.41) is 5.52. The van der Waals surface area contributed by atoms with Gasteiger partial charge < -0.3 is 5.32 Å². The van der Waals surface area contributed by atoms with Gasteiger partial charge in [0.15, 0.2) is 0 Å². The van der Waals surface area contributed by atoms with Crippen LogP contribution >= 0.6 is 0 Å². The zero-order valence-corrected chi connectivity index (χ0v) is 14.5. The summed E-state index contributed by atoms with van der Waals surface area (Å²) in [4.78, 5) is 49.6. The molecule has 0 bridgehead atoms. The lowest BCUT2D eigenvalue weighted by Gasteiger charge is -2.27. The molecule has 2 aliphatic rings. The molecule has 7 nitrogen and oxygen atoms in total. The Kier molecular flexibility index (Phi) is 4.20. The van der Waals surface area contributed by atoms with Gasteiger partial charge in [-0.2, -0.15) is 0 Å². The van der Waals surface area contributed by atoms with E-state index in [1.54, 1.807) is 18.2 Å². The Morgan fingerprint density at radius 3 is 2.44 bits per heavy atom. The Balaban J connectivity index is 1.84. The highest BCUT2D eigenvalue weighted by Crippen LogP contribution is 2.28. The van der Waals surface area contributed by atoms with Gasteiger partial charge in [-0.25, -0.2) is 0 Å². The maximum atomic E-state index is 12.7. The van der Waals surface area contributed by atoms with Gasteiger partial charge in [-0.15, -0.1) is 0 Å². The maximum Gasteiger partial charge on any atom is 0.262 e. The van der Waals surface area contributed by atoms with Crippen LogP contribution in [0, 0.1) is 0 Å². The average molecular weight is 343 g/mol. The van der Waals surface area contributed by atoms with Gasteiger partial charge in [0.25, 0.3) is 11.8 Å². The zero-order chi connectivity index (χ0) is 18.4. The van der Waals surface area contributed by atoms with Crippen LogP contribution in [0.15, 0.2) is 18.2 Å². The molecule has 1 saturated heterocycles. The van der Waals surface area contributed by atoms with E-state index in [0.717, 1.165) is 10.5 Å². The molecule has 3 rings (SSSR count). The van der Waals surface area contributed by atoms with Gasteiger partial charge in [-0.3, -0.25) is 29.4 Å². The Labute approximate surface area is 145 Å². The van der Waals surface area contributed by atoms with E-state index >= 15 is 0 Å². The fraction of sp³-hybridized carbons (Fsp3) is 0.444. The van der Waals surface area contributed by atoms with Gasteiger partial charge in [0.1, 0.15) is 6.04 Å². The SMILES string of the molecule is CC(C)(C)NCc1ccc2c(c1)C(=O)N(C1CCC(=O)NC1=O)C2=O. The number of hydrogen-bond acceptors (Lipinski definition) is 5. The summed E-state index contributed by atoms with van der Waals surface area (Å²) < 4.78 is 0. The van der Waals surface area contributed by atoms with Crippen LogP contribution in [-0.2, 0) is 16.1 Å². The van der Waals surface area contributed by atoms with Crippen LogP contribution in [0.4, 0.5) is 0 Å². The number of nitrogens with one attached hydrogen (secondary N) is 2. The Morgan fingerprint density at radius 1 is 1.12 bits per heavy atom. The number of nitrogens with zero attached hydrogens (tertiary/aromatic N) is 1. The number of imide groups is 2. The molecule has 7 heteroatoms. The number of carbonyl (C=O) groups excluding carboxylic acids is 4. The van der Waals surface area contributed by atoms with E-state index in [-0.39, 0.29) is 24.3 Å². The molecule has 2 aliphatic heterocycles. The molecular formula is C18H21N3O4. The third kappa shape index (κ3) is 3.32. The van der Waals surface area contributed by atoms with E-state index in [2.05, 4.69) is 10.6 Å². The highest BCUT2D eigenvalue weighted by Gasteiger charge is 2.44. The van der Waals surface area contributed by atoms with E-state index in [1.807, 2.05) is 20.8 Å². The molecule has 0 saturated carbocycles. The second-order valence-corrected chi connectivity index (χ2v) is 7.43. The lowest BCUT2D eigenvalue weighted by Crippen LogP contribution is -2.54. The fourth-order valence-corrected chi connectivity index (χ4v) is 3.00. The summed E-state index contributed by atoms with van der Waals surface area (Å²) in [7, 11) is 0. The topological polar surface area (TPSA) is 95.6 Å². The van der Waals surface area contributed by atoms with Gasteiger partial charge in [0.05, 0.1) is 11.1 Å². The lowest BCUT2D eigenvalue weighted by molar-refractivity contribution is -0.136. The smallest absolute Gasteiger partial charge is 0.262 e. The monoisotopic (exact) mass is 343 g/mol. The Hall–Kier alpha value is -2.54. The quantitative estimate of drug-likeness (QED) is 0.798. The van der Waals surface area contributed by atoms with Crippen molar-refractivity contribution in [3.05, 3.63) is 34.9 Å². The van der Waals surface area contributed by atoms with E-state index in [1.165, 1.54) is 0 Å². The molecule has 1 aromatic carbocycles. The average Bonchev–Trinajstić information content (AvgIpc) is 2.77. The first-order valence-corrected chi connectivity index (χ1v) is 8.27. The van der Waals surface area contributed by atoms with Crippen molar-refractivity contribution in [3.8, 4) is 0 Å². The highest BCUT2D eigenvalue weighted by atomic mass is 16.2. The molecule has 1 fully saturated rings. The molecule has 2 N–H and O–H groups in total. The number of benzene rings is 1. The predicted octanol–water partition coefficient (Wildman–Crippen LogP) is 0.976. The van der Waals surface area contributed by atoms with Crippen molar-refractivity contribution in [2.75, 3.05) is 0 Å². The second kappa shape index (κ2) is 6.07. The van der Waals surface area contributed by atoms with Crippen molar-refractivity contribution in [3.63, 3.8) is 0 Å². The number of amides is 4. The summed E-state index contributed by atoms with van der Waals surface area (Å²) in [5.74, 6) is -1.94. The predicted molar refractivity (Wildman–Crippen MR) is 89.7 cm³/mol. The van der Waals surface area contributed by atoms with E-state index in [0.29, 0.717) is 17.7 Å². The first-order valence-electron chi connectivity index (χ1n) is 8.27. The van der Waals surface area contributed by atoms with Gasteiger partial charge in [0, 0.05) is 18.5 Å². The third-order valence-corrected chi connectivity index (χ3v) is 4.33. The van der Waals surface area contributed by atoms with Crippen molar-refractivity contribution in [2.45, 2.75) is 51.7 Å². The van der Waals surface area contributed by atoms with Crippen molar-refractivity contribution < 1.29 is 19.2 Å². The van der Waals surface area contributed by atoms with Crippen LogP contribution in [0.1, 0.15) is 59.9 Å². The minimum Gasteiger partial charge on any atom is -0.308 e. The van der Waals surface area contributed by atoms with Crippen molar-refractivity contribution >= 4 is 23.6 Å². The Morgan fingerprint density at radius 2 is 1.80 bits per heavy atom. The van der Waals surface area contributed by atoms with Crippen LogP contribution in [0.2, 0.25) is 0 Å². The van der Waals surface area contributed by atoms with Gasteiger partial charge >= 0.3 is 0 Å². The first-order chi connectivity index (χ1) is 11.7. The Bertz CT molecular complexity index is 779. The molecule has 1 aromatic rings. The zero-order valence-electron chi connectivity index (χ0n) is 14.5. The molecule has 1 unspecified atom stereocenters. The number of piperidine rings is 1.